The standard InChI is InChI=1S/C25H21Cl2N3O3.C22H19Cl2N3O2/c1-5-23(31)30-19-8-6-7-15(2)18(19)11-22-28-13-16(14-29-22)9-10-17-24(26)20(32-3)12-21(33-4)25(17)27;1-13-5-4-6-17(25)16(13)9-20-26-11-14(12-27-20)7-8-15-21(23)18(28-2)10-19(29-3)22(15)24/h5-8,12-14H,1,11H2,2-4H3,(H,30,31);4-6,10-12H,9,25H2,1-3H3. The molecular weight excluding hydrogens is 870 g/mol. The fourth-order valence-corrected chi connectivity index (χ4v) is 6.99. The molecule has 0 bridgehead atoms. The highest BCUT2D eigenvalue weighted by molar-refractivity contribution is 6.39. The zero-order chi connectivity index (χ0) is 44.9. The highest BCUT2D eigenvalue weighted by atomic mass is 35.5. The van der Waals surface area contributed by atoms with Crippen molar-refractivity contribution >= 4 is 63.7 Å². The maximum atomic E-state index is 11.7. The smallest absolute Gasteiger partial charge is 0.247 e. The Morgan fingerprint density at radius 1 is 0.645 bits per heavy atom. The number of aromatic nitrogens is 4. The van der Waals surface area contributed by atoms with Gasteiger partial charge in [0, 0.05) is 61.1 Å². The van der Waals surface area contributed by atoms with Crippen LogP contribution in [0, 0.1) is 37.5 Å². The first kappa shape index (κ1) is 46.6. The third kappa shape index (κ3) is 11.5. The number of ether oxygens (including phenoxy) is 4. The minimum Gasteiger partial charge on any atom is -0.495 e. The Bertz CT molecular complexity index is 2670. The molecule has 0 spiro atoms. The second-order valence-corrected chi connectivity index (χ2v) is 14.6. The van der Waals surface area contributed by atoms with E-state index in [1.165, 1.54) is 34.5 Å². The van der Waals surface area contributed by atoms with E-state index in [9.17, 15) is 4.79 Å². The summed E-state index contributed by atoms with van der Waals surface area (Å²) in [6.45, 7) is 7.47. The minimum absolute atomic E-state index is 0.278. The SMILES string of the molecule is C=CC(=O)Nc1cccc(C)c1Cc1ncc(C#Cc2c(Cl)c(OC)cc(OC)c2Cl)cn1.COc1cc(OC)c(Cl)c(C#Cc2cnc(Cc3c(C)cccc3N)nc2)c1Cl. The molecule has 0 saturated carbocycles. The second kappa shape index (κ2) is 21.9. The van der Waals surface area contributed by atoms with Crippen LogP contribution in [-0.4, -0.2) is 54.3 Å². The lowest BCUT2D eigenvalue weighted by Crippen LogP contribution is -2.11. The number of rotatable bonds is 10. The molecule has 0 radical (unpaired) electrons. The Morgan fingerprint density at radius 3 is 1.42 bits per heavy atom. The fraction of sp³-hybridized carbons (Fsp3) is 0.170. The lowest BCUT2D eigenvalue weighted by molar-refractivity contribution is -0.111. The van der Waals surface area contributed by atoms with Crippen LogP contribution < -0.4 is 30.0 Å². The Labute approximate surface area is 380 Å². The number of nitrogens with two attached hydrogens (primary N) is 1. The first-order valence-electron chi connectivity index (χ1n) is 18.5. The van der Waals surface area contributed by atoms with Crippen LogP contribution in [0.25, 0.3) is 0 Å². The van der Waals surface area contributed by atoms with Gasteiger partial charge in [0.15, 0.2) is 0 Å². The van der Waals surface area contributed by atoms with Gasteiger partial charge in [-0.3, -0.25) is 4.79 Å². The maximum Gasteiger partial charge on any atom is 0.247 e. The predicted molar refractivity (Wildman–Crippen MR) is 246 cm³/mol. The number of halogens is 4. The Hall–Kier alpha value is -6.47. The topological polar surface area (TPSA) is 144 Å². The van der Waals surface area contributed by atoms with Gasteiger partial charge in [0.25, 0.3) is 0 Å². The lowest BCUT2D eigenvalue weighted by Gasteiger charge is -2.12. The molecule has 6 rings (SSSR count). The Kier molecular flexibility index (Phi) is 16.4. The lowest BCUT2D eigenvalue weighted by atomic mass is 10.0. The monoisotopic (exact) mass is 908 g/mol. The summed E-state index contributed by atoms with van der Waals surface area (Å²) >= 11 is 25.4. The average molecular weight is 911 g/mol. The summed E-state index contributed by atoms with van der Waals surface area (Å²) < 4.78 is 21.0. The van der Waals surface area contributed by atoms with Crippen molar-refractivity contribution in [2.45, 2.75) is 26.7 Å². The molecule has 15 heteroatoms. The molecule has 0 saturated heterocycles. The molecule has 6 aromatic rings. The molecule has 316 valence electrons. The van der Waals surface area contributed by atoms with Crippen molar-refractivity contribution in [1.29, 1.82) is 0 Å². The summed E-state index contributed by atoms with van der Waals surface area (Å²) in [6.07, 6.45) is 8.77. The number of methoxy groups -OCH3 is 4. The Balaban J connectivity index is 0.000000236. The Morgan fingerprint density at radius 2 is 1.03 bits per heavy atom. The minimum atomic E-state index is -0.278. The van der Waals surface area contributed by atoms with E-state index in [1.807, 2.05) is 50.2 Å². The molecule has 3 N–H and O–H groups in total. The number of carbonyl (C=O) groups excluding carboxylic acids is 1. The molecule has 0 aliphatic carbocycles. The van der Waals surface area contributed by atoms with Crippen molar-refractivity contribution in [2.75, 3.05) is 39.5 Å². The summed E-state index contributed by atoms with van der Waals surface area (Å²) in [5, 5.41) is 4.04. The van der Waals surface area contributed by atoms with E-state index in [0.717, 1.165) is 27.9 Å². The third-order valence-electron chi connectivity index (χ3n) is 9.19. The van der Waals surface area contributed by atoms with E-state index >= 15 is 0 Å². The summed E-state index contributed by atoms with van der Waals surface area (Å²) in [5.74, 6) is 14.5. The van der Waals surface area contributed by atoms with Crippen LogP contribution in [0.2, 0.25) is 20.1 Å². The number of aryl methyl sites for hydroxylation is 2. The van der Waals surface area contributed by atoms with Gasteiger partial charge in [-0.2, -0.15) is 0 Å². The molecule has 0 fully saturated rings. The second-order valence-electron chi connectivity index (χ2n) is 13.1. The van der Waals surface area contributed by atoms with Crippen LogP contribution >= 0.6 is 46.4 Å². The van der Waals surface area contributed by atoms with Gasteiger partial charge < -0.3 is 30.0 Å². The van der Waals surface area contributed by atoms with E-state index in [0.29, 0.717) is 95.5 Å². The number of amides is 1. The number of nitrogen functional groups attached to an aromatic ring is 1. The summed E-state index contributed by atoms with van der Waals surface area (Å²) in [5.41, 5.74) is 13.6. The molecule has 62 heavy (non-hydrogen) atoms. The van der Waals surface area contributed by atoms with Crippen molar-refractivity contribution in [3.8, 4) is 46.7 Å². The molecule has 0 aliphatic rings. The van der Waals surface area contributed by atoms with E-state index in [-0.39, 0.29) is 5.91 Å². The molecule has 0 unspecified atom stereocenters. The van der Waals surface area contributed by atoms with Crippen molar-refractivity contribution in [2.24, 2.45) is 0 Å². The third-order valence-corrected chi connectivity index (χ3v) is 10.7. The molecule has 0 atom stereocenters. The molecule has 2 aromatic heterocycles. The molecule has 2 heterocycles. The van der Waals surface area contributed by atoms with Gasteiger partial charge >= 0.3 is 0 Å². The van der Waals surface area contributed by atoms with Gasteiger partial charge in [0.2, 0.25) is 5.91 Å². The molecule has 11 nitrogen and oxygen atoms in total. The van der Waals surface area contributed by atoms with Gasteiger partial charge in [-0.05, 0) is 54.3 Å². The fourth-order valence-electron chi connectivity index (χ4n) is 5.80. The summed E-state index contributed by atoms with van der Waals surface area (Å²) in [7, 11) is 6.03. The highest BCUT2D eigenvalue weighted by Gasteiger charge is 2.17. The molecule has 4 aromatic carbocycles. The van der Waals surface area contributed by atoms with Crippen LogP contribution in [-0.2, 0) is 17.6 Å². The number of nitrogens with one attached hydrogen (secondary N) is 1. The van der Waals surface area contributed by atoms with E-state index in [2.05, 4.69) is 55.5 Å². The number of nitrogens with zero attached hydrogens (tertiary/aromatic N) is 4. The number of hydrogen-bond donors (Lipinski definition) is 2. The van der Waals surface area contributed by atoms with Gasteiger partial charge in [0.05, 0.1) is 70.8 Å². The van der Waals surface area contributed by atoms with Crippen LogP contribution in [0.4, 0.5) is 11.4 Å². The molecular formula is C47H40Cl4N6O5. The van der Waals surface area contributed by atoms with Gasteiger partial charge in [-0.25, -0.2) is 19.9 Å². The first-order chi connectivity index (χ1) is 29.8. The zero-order valence-corrected chi connectivity index (χ0v) is 37.6. The number of hydrogen-bond acceptors (Lipinski definition) is 10. The van der Waals surface area contributed by atoms with Crippen LogP contribution in [0.3, 0.4) is 0 Å². The van der Waals surface area contributed by atoms with Gasteiger partial charge in [0.1, 0.15) is 34.6 Å². The zero-order valence-electron chi connectivity index (χ0n) is 34.5. The highest BCUT2D eigenvalue weighted by Crippen LogP contribution is 2.41. The van der Waals surface area contributed by atoms with Crippen LogP contribution in [0.5, 0.6) is 23.0 Å². The van der Waals surface area contributed by atoms with Crippen LogP contribution in [0.15, 0.2) is 86.0 Å². The predicted octanol–water partition coefficient (Wildman–Crippen LogP) is 9.91. The quantitative estimate of drug-likeness (QED) is 0.0775. The van der Waals surface area contributed by atoms with E-state index < -0.39 is 0 Å². The van der Waals surface area contributed by atoms with Crippen molar-refractivity contribution in [3.63, 3.8) is 0 Å². The van der Waals surface area contributed by atoms with E-state index in [1.54, 1.807) is 36.9 Å². The number of carbonyl (C=O) groups is 1. The molecule has 0 aliphatic heterocycles. The summed E-state index contributed by atoms with van der Waals surface area (Å²) in [4.78, 5) is 29.4. The van der Waals surface area contributed by atoms with Crippen molar-refractivity contribution in [3.05, 3.63) is 162 Å². The normalized spacial score (nSPS) is 10.2. The number of anilines is 2. The average Bonchev–Trinajstić information content (AvgIpc) is 3.27. The van der Waals surface area contributed by atoms with Crippen molar-refractivity contribution in [1.82, 2.24) is 19.9 Å². The molecule has 1 amide bonds. The van der Waals surface area contributed by atoms with Gasteiger partial charge in [-0.1, -0.05) is 101 Å². The van der Waals surface area contributed by atoms with Gasteiger partial charge in [-0.15, -0.1) is 0 Å². The van der Waals surface area contributed by atoms with Crippen LogP contribution in [0.1, 0.15) is 56.2 Å². The maximum absolute atomic E-state index is 11.7. The number of benzene rings is 4. The summed E-state index contributed by atoms with van der Waals surface area (Å²) in [6, 6.07) is 14.7. The van der Waals surface area contributed by atoms with E-state index in [4.69, 9.17) is 71.1 Å². The largest absolute Gasteiger partial charge is 0.495 e. The first-order valence-corrected chi connectivity index (χ1v) is 20.0. The van der Waals surface area contributed by atoms with Crippen molar-refractivity contribution < 1.29 is 23.7 Å².